The summed E-state index contributed by atoms with van der Waals surface area (Å²) in [6.45, 7) is 1.26. The summed E-state index contributed by atoms with van der Waals surface area (Å²) in [5.74, 6) is -0.850. The van der Waals surface area contributed by atoms with Crippen molar-refractivity contribution in [3.63, 3.8) is 0 Å². The van der Waals surface area contributed by atoms with Crippen molar-refractivity contribution in [1.29, 1.82) is 0 Å². The topological polar surface area (TPSA) is 126 Å². The van der Waals surface area contributed by atoms with Gasteiger partial charge in [-0.05, 0) is 47.2 Å². The van der Waals surface area contributed by atoms with E-state index < -0.39 is 17.5 Å². The number of nitrogens with zero attached hydrogens (tertiary/aromatic N) is 5. The minimum atomic E-state index is -1.29. The van der Waals surface area contributed by atoms with Crippen LogP contribution in [0, 0.1) is 0 Å². The average Bonchev–Trinajstić information content (AvgIpc) is 3.41. The van der Waals surface area contributed by atoms with Gasteiger partial charge < -0.3 is 10.3 Å². The quantitative estimate of drug-likeness (QED) is 0.505. The number of ketones is 1. The molecule has 1 saturated heterocycles. The fourth-order valence-corrected chi connectivity index (χ4v) is 3.01. The SMILES string of the molecule is C[C@]1(c2cccc(-n3cnnn3)c2)NC(=O)N(CC(=O)c2ccc[nH]2)C1=O. The molecule has 3 heterocycles. The molecule has 0 bridgehead atoms. The van der Waals surface area contributed by atoms with Crippen LogP contribution in [0.2, 0.25) is 0 Å². The molecule has 4 rings (SSSR count). The maximum absolute atomic E-state index is 13.0. The monoisotopic (exact) mass is 365 g/mol. The van der Waals surface area contributed by atoms with E-state index in [-0.39, 0.29) is 12.3 Å². The highest BCUT2D eigenvalue weighted by Crippen LogP contribution is 2.30. The Labute approximate surface area is 153 Å². The number of H-pyrrole nitrogens is 1. The number of nitrogens with one attached hydrogen (secondary N) is 2. The number of rotatable bonds is 5. The zero-order chi connectivity index (χ0) is 19.0. The Bertz CT molecular complexity index is 1010. The first kappa shape index (κ1) is 16.6. The molecule has 0 aliphatic carbocycles. The molecule has 1 aromatic carbocycles. The Balaban J connectivity index is 1.62. The molecule has 10 nitrogen and oxygen atoms in total. The number of carbonyl (C=O) groups excluding carboxylic acids is 3. The molecule has 1 atom stereocenters. The molecule has 2 aromatic heterocycles. The molecule has 2 N–H and O–H groups in total. The lowest BCUT2D eigenvalue weighted by molar-refractivity contribution is -0.130. The van der Waals surface area contributed by atoms with Crippen LogP contribution < -0.4 is 5.32 Å². The van der Waals surface area contributed by atoms with E-state index in [9.17, 15) is 14.4 Å². The number of aromatic amines is 1. The van der Waals surface area contributed by atoms with Gasteiger partial charge in [0, 0.05) is 6.20 Å². The lowest BCUT2D eigenvalue weighted by Crippen LogP contribution is -2.41. The predicted molar refractivity (Wildman–Crippen MR) is 91.9 cm³/mol. The third-order valence-corrected chi connectivity index (χ3v) is 4.51. The minimum Gasteiger partial charge on any atom is -0.359 e. The summed E-state index contributed by atoms with van der Waals surface area (Å²) in [4.78, 5) is 41.3. The van der Waals surface area contributed by atoms with E-state index in [1.165, 1.54) is 11.0 Å². The van der Waals surface area contributed by atoms with Crippen LogP contribution in [-0.4, -0.2) is 54.4 Å². The maximum atomic E-state index is 13.0. The summed E-state index contributed by atoms with van der Waals surface area (Å²) in [6.07, 6.45) is 3.03. The molecule has 136 valence electrons. The van der Waals surface area contributed by atoms with Gasteiger partial charge in [-0.1, -0.05) is 12.1 Å². The molecular formula is C17H15N7O3. The number of hydrogen-bond acceptors (Lipinski definition) is 6. The fourth-order valence-electron chi connectivity index (χ4n) is 3.01. The lowest BCUT2D eigenvalue weighted by atomic mass is 9.91. The third kappa shape index (κ3) is 2.76. The lowest BCUT2D eigenvalue weighted by Gasteiger charge is -2.22. The summed E-state index contributed by atoms with van der Waals surface area (Å²) in [6, 6.07) is 9.60. The molecule has 1 fully saturated rings. The smallest absolute Gasteiger partial charge is 0.325 e. The van der Waals surface area contributed by atoms with Gasteiger partial charge in [0.2, 0.25) is 0 Å². The second-order valence-electron chi connectivity index (χ2n) is 6.26. The molecule has 10 heteroatoms. The third-order valence-electron chi connectivity index (χ3n) is 4.51. The molecule has 0 radical (unpaired) electrons. The van der Waals surface area contributed by atoms with E-state index >= 15 is 0 Å². The predicted octanol–water partition coefficient (Wildman–Crippen LogP) is 0.640. The van der Waals surface area contributed by atoms with Gasteiger partial charge in [0.15, 0.2) is 5.78 Å². The number of aromatic nitrogens is 5. The van der Waals surface area contributed by atoms with E-state index in [1.807, 2.05) is 0 Å². The zero-order valence-corrected chi connectivity index (χ0v) is 14.3. The van der Waals surface area contributed by atoms with Gasteiger partial charge >= 0.3 is 6.03 Å². The van der Waals surface area contributed by atoms with Crippen molar-refractivity contribution in [1.82, 2.24) is 35.4 Å². The van der Waals surface area contributed by atoms with Gasteiger partial charge in [0.05, 0.1) is 17.9 Å². The van der Waals surface area contributed by atoms with Crippen LogP contribution in [0.4, 0.5) is 4.79 Å². The Kier molecular flexibility index (Phi) is 3.80. The van der Waals surface area contributed by atoms with E-state index in [0.29, 0.717) is 16.9 Å². The normalized spacial score (nSPS) is 19.4. The summed E-state index contributed by atoms with van der Waals surface area (Å²) in [7, 11) is 0. The van der Waals surface area contributed by atoms with E-state index in [0.717, 1.165) is 4.90 Å². The molecule has 1 aliphatic heterocycles. The number of imide groups is 1. The Morgan fingerprint density at radius 2 is 2.07 bits per heavy atom. The number of carbonyl (C=O) groups is 3. The fraction of sp³-hybridized carbons (Fsp3) is 0.176. The van der Waals surface area contributed by atoms with Crippen molar-refractivity contribution < 1.29 is 14.4 Å². The number of benzene rings is 1. The Hall–Kier alpha value is -3.82. The minimum absolute atomic E-state index is 0.338. The van der Waals surface area contributed by atoms with Crippen LogP contribution in [0.5, 0.6) is 0 Å². The van der Waals surface area contributed by atoms with Crippen molar-refractivity contribution in [2.75, 3.05) is 6.54 Å². The highest BCUT2D eigenvalue weighted by Gasteiger charge is 2.49. The molecule has 27 heavy (non-hydrogen) atoms. The van der Waals surface area contributed by atoms with Gasteiger partial charge in [-0.25, -0.2) is 9.48 Å². The first-order valence-electron chi connectivity index (χ1n) is 8.13. The highest BCUT2D eigenvalue weighted by molar-refractivity contribution is 6.11. The summed E-state index contributed by atoms with van der Waals surface area (Å²) < 4.78 is 1.45. The van der Waals surface area contributed by atoms with Crippen LogP contribution in [0.15, 0.2) is 48.9 Å². The van der Waals surface area contributed by atoms with Crippen LogP contribution in [-0.2, 0) is 10.3 Å². The molecule has 3 amide bonds. The molecule has 1 aliphatic rings. The molecule has 0 spiro atoms. The number of hydrogen-bond donors (Lipinski definition) is 2. The Morgan fingerprint density at radius 3 is 2.78 bits per heavy atom. The van der Waals surface area contributed by atoms with Gasteiger partial charge in [-0.2, -0.15) is 0 Å². The highest BCUT2D eigenvalue weighted by atomic mass is 16.2. The van der Waals surface area contributed by atoms with Crippen LogP contribution in [0.1, 0.15) is 23.0 Å². The standard InChI is InChI=1S/C17H15N7O3/c1-17(11-4-2-5-12(8-11)24-10-19-21-22-24)15(26)23(16(27)20-17)9-14(25)13-6-3-7-18-13/h2-8,10,18H,9H2,1H3,(H,20,27)/t17-/m1/s1. The van der Waals surface area contributed by atoms with Crippen molar-refractivity contribution in [3.05, 3.63) is 60.2 Å². The van der Waals surface area contributed by atoms with Crippen LogP contribution >= 0.6 is 0 Å². The first-order valence-corrected chi connectivity index (χ1v) is 8.13. The van der Waals surface area contributed by atoms with Crippen molar-refractivity contribution >= 4 is 17.7 Å². The molecular weight excluding hydrogens is 350 g/mol. The second kappa shape index (κ2) is 6.16. The number of urea groups is 1. The van der Waals surface area contributed by atoms with Gasteiger partial charge in [-0.3, -0.25) is 14.5 Å². The first-order chi connectivity index (χ1) is 13.0. The van der Waals surface area contributed by atoms with Crippen LogP contribution in [0.3, 0.4) is 0 Å². The zero-order valence-electron chi connectivity index (χ0n) is 14.3. The van der Waals surface area contributed by atoms with Crippen molar-refractivity contribution in [2.45, 2.75) is 12.5 Å². The molecule has 0 saturated carbocycles. The Morgan fingerprint density at radius 1 is 1.22 bits per heavy atom. The number of amides is 3. The van der Waals surface area contributed by atoms with E-state index in [4.69, 9.17) is 0 Å². The maximum Gasteiger partial charge on any atom is 0.325 e. The molecule has 3 aromatic rings. The summed E-state index contributed by atoms with van der Waals surface area (Å²) in [5.41, 5.74) is 0.243. The van der Waals surface area contributed by atoms with E-state index in [1.54, 1.807) is 49.5 Å². The van der Waals surface area contributed by atoms with Gasteiger partial charge in [0.25, 0.3) is 5.91 Å². The molecule has 0 unspecified atom stereocenters. The summed E-state index contributed by atoms with van der Waals surface area (Å²) >= 11 is 0. The van der Waals surface area contributed by atoms with Crippen molar-refractivity contribution in [3.8, 4) is 5.69 Å². The number of tetrazole rings is 1. The average molecular weight is 365 g/mol. The van der Waals surface area contributed by atoms with Crippen LogP contribution in [0.25, 0.3) is 5.69 Å². The van der Waals surface area contributed by atoms with Crippen molar-refractivity contribution in [2.24, 2.45) is 0 Å². The second-order valence-corrected chi connectivity index (χ2v) is 6.26. The van der Waals surface area contributed by atoms with Gasteiger partial charge in [-0.15, -0.1) is 5.10 Å². The van der Waals surface area contributed by atoms with Gasteiger partial charge in [0.1, 0.15) is 11.9 Å². The van der Waals surface area contributed by atoms with E-state index in [2.05, 4.69) is 25.8 Å². The number of Topliss-reactive ketones (excluding diaryl/α,β-unsaturated/α-hetero) is 1. The largest absolute Gasteiger partial charge is 0.359 e. The summed E-state index contributed by atoms with van der Waals surface area (Å²) in [5, 5.41) is 13.7.